The molecule has 7 nitrogen and oxygen atoms in total. The summed E-state index contributed by atoms with van der Waals surface area (Å²) >= 11 is 1.19. The highest BCUT2D eigenvalue weighted by Gasteiger charge is 2.31. The van der Waals surface area contributed by atoms with Crippen molar-refractivity contribution in [2.24, 2.45) is 13.0 Å². The zero-order valence-corrected chi connectivity index (χ0v) is 21.0. The van der Waals surface area contributed by atoms with Crippen molar-refractivity contribution >= 4 is 49.4 Å². The van der Waals surface area contributed by atoms with Crippen LogP contribution in [0, 0.1) is 5.92 Å². The van der Waals surface area contributed by atoms with E-state index in [0.717, 1.165) is 44.0 Å². The molecule has 4 aromatic rings. The number of aryl methyl sites for hydroxylation is 1. The maximum absolute atomic E-state index is 12.8. The third-order valence-corrected chi connectivity index (χ3v) is 7.78. The molecule has 2 aromatic heterocycles. The van der Waals surface area contributed by atoms with Crippen LogP contribution in [0.4, 0.5) is 24.3 Å². The Morgan fingerprint density at radius 2 is 1.92 bits per heavy atom. The number of thiazole rings is 1. The highest BCUT2D eigenvalue weighted by molar-refractivity contribution is 7.22. The van der Waals surface area contributed by atoms with Crippen molar-refractivity contribution in [3.05, 3.63) is 42.0 Å². The van der Waals surface area contributed by atoms with Gasteiger partial charge < -0.3 is 19.7 Å². The Kier molecular flexibility index (Phi) is 7.09. The average Bonchev–Trinajstić information content (AvgIpc) is 3.38. The van der Waals surface area contributed by atoms with Gasteiger partial charge in [-0.1, -0.05) is 17.8 Å². The van der Waals surface area contributed by atoms with Gasteiger partial charge in [0.05, 0.1) is 27.4 Å². The molecule has 2 heterocycles. The first-order chi connectivity index (χ1) is 17.6. The van der Waals surface area contributed by atoms with Gasteiger partial charge in [-0.15, -0.1) is 13.2 Å². The van der Waals surface area contributed by atoms with Crippen molar-refractivity contribution in [3.63, 3.8) is 0 Å². The number of aliphatic hydroxyl groups is 1. The van der Waals surface area contributed by atoms with E-state index in [-0.39, 0.29) is 17.6 Å². The van der Waals surface area contributed by atoms with Crippen LogP contribution < -0.4 is 10.1 Å². The Labute approximate surface area is 215 Å². The average molecular weight is 533 g/mol. The Morgan fingerprint density at radius 1 is 1.14 bits per heavy atom. The number of carbonyl (C=O) groups excluding carboxylic acids is 1. The number of carbonyl (C=O) groups is 1. The van der Waals surface area contributed by atoms with Crippen LogP contribution in [0.1, 0.15) is 55.3 Å². The Morgan fingerprint density at radius 3 is 2.68 bits per heavy atom. The highest BCUT2D eigenvalue weighted by Crippen LogP contribution is 2.33. The smallest absolute Gasteiger partial charge is 0.406 e. The lowest BCUT2D eigenvalue weighted by atomic mass is 9.84. The summed E-state index contributed by atoms with van der Waals surface area (Å²) < 4.78 is 43.9. The van der Waals surface area contributed by atoms with Crippen molar-refractivity contribution in [3.8, 4) is 5.75 Å². The van der Waals surface area contributed by atoms with Crippen molar-refractivity contribution < 1.29 is 27.8 Å². The SMILES string of the molecule is Cn1c(Nc2nc3ccc(OC(F)(F)F)cc3s2)nc2cc(C(=O)CCCC3CCC(O)CC3)ccc21. The second kappa shape index (κ2) is 10.3. The summed E-state index contributed by atoms with van der Waals surface area (Å²) in [5.41, 5.74) is 2.66. The van der Waals surface area contributed by atoms with Gasteiger partial charge in [-0.2, -0.15) is 0 Å². The van der Waals surface area contributed by atoms with Gasteiger partial charge in [-0.25, -0.2) is 9.97 Å². The van der Waals surface area contributed by atoms with E-state index in [9.17, 15) is 23.1 Å². The molecule has 0 spiro atoms. The van der Waals surface area contributed by atoms with Gasteiger partial charge >= 0.3 is 6.36 Å². The number of aliphatic hydroxyl groups excluding tert-OH is 1. The summed E-state index contributed by atoms with van der Waals surface area (Å²) in [7, 11) is 1.84. The van der Waals surface area contributed by atoms with Crippen LogP contribution in [0.15, 0.2) is 36.4 Å². The lowest BCUT2D eigenvalue weighted by molar-refractivity contribution is -0.274. The largest absolute Gasteiger partial charge is 0.573 e. The first kappa shape index (κ1) is 25.5. The monoisotopic (exact) mass is 532 g/mol. The molecular weight excluding hydrogens is 505 g/mol. The van der Waals surface area contributed by atoms with E-state index in [1.807, 2.05) is 23.7 Å². The standard InChI is InChI=1S/C26H27F3N4O3S/c1-33-21-12-7-16(22(35)4-2-3-15-5-8-17(34)9-6-15)13-20(21)30-24(33)32-25-31-19-11-10-18(14-23(19)37-25)36-26(27,28)29/h7,10-15,17,34H,2-6,8-9H2,1H3,(H,30,31,32). The molecular formula is C26H27F3N4O3S. The quantitative estimate of drug-likeness (QED) is 0.245. The Balaban J connectivity index is 1.26. The molecule has 2 N–H and O–H groups in total. The van der Waals surface area contributed by atoms with Crippen LogP contribution in [0.2, 0.25) is 0 Å². The number of nitrogens with zero attached hydrogens (tertiary/aromatic N) is 3. The Hall–Kier alpha value is -3.18. The van der Waals surface area contributed by atoms with Gasteiger partial charge in [0.2, 0.25) is 5.95 Å². The van der Waals surface area contributed by atoms with Gasteiger partial charge in [0.25, 0.3) is 0 Å². The van der Waals surface area contributed by atoms with E-state index < -0.39 is 6.36 Å². The summed E-state index contributed by atoms with van der Waals surface area (Å²) in [6.07, 6.45) is 1.17. The minimum Gasteiger partial charge on any atom is -0.406 e. The number of fused-ring (bicyclic) bond motifs is 2. The number of halogens is 3. The number of alkyl halides is 3. The predicted molar refractivity (Wildman–Crippen MR) is 136 cm³/mol. The molecule has 5 rings (SSSR count). The van der Waals surface area contributed by atoms with Crippen LogP contribution in [0.25, 0.3) is 21.3 Å². The van der Waals surface area contributed by atoms with Crippen LogP contribution in [-0.2, 0) is 7.05 Å². The summed E-state index contributed by atoms with van der Waals surface area (Å²) in [5, 5.41) is 13.3. The van der Waals surface area contributed by atoms with Crippen molar-refractivity contribution in [2.45, 2.75) is 57.4 Å². The van der Waals surface area contributed by atoms with E-state index in [2.05, 4.69) is 20.0 Å². The normalized spacial score (nSPS) is 18.4. The number of anilines is 2. The fourth-order valence-electron chi connectivity index (χ4n) is 4.87. The molecule has 1 aliphatic rings. The van der Waals surface area contributed by atoms with Gasteiger partial charge in [-0.05, 0) is 68.4 Å². The number of benzene rings is 2. The fraction of sp³-hybridized carbons (Fsp3) is 0.423. The maximum Gasteiger partial charge on any atom is 0.573 e. The van der Waals surface area contributed by atoms with Gasteiger partial charge in [-0.3, -0.25) is 4.79 Å². The molecule has 0 atom stereocenters. The molecule has 11 heteroatoms. The molecule has 0 bridgehead atoms. The number of Topliss-reactive ketones (excluding diaryl/α,β-unsaturated/α-hetero) is 1. The first-order valence-electron chi connectivity index (χ1n) is 12.3. The third kappa shape index (κ3) is 6.04. The second-order valence-corrected chi connectivity index (χ2v) is 10.5. The Bertz CT molecular complexity index is 1420. The van der Waals surface area contributed by atoms with E-state index in [0.29, 0.717) is 44.7 Å². The number of ketones is 1. The number of ether oxygens (including phenoxy) is 1. The van der Waals surface area contributed by atoms with Crippen LogP contribution in [0.3, 0.4) is 0 Å². The molecule has 37 heavy (non-hydrogen) atoms. The van der Waals surface area contributed by atoms with Crippen molar-refractivity contribution in [1.82, 2.24) is 14.5 Å². The first-order valence-corrected chi connectivity index (χ1v) is 13.1. The fourth-order valence-corrected chi connectivity index (χ4v) is 5.75. The summed E-state index contributed by atoms with van der Waals surface area (Å²) in [4.78, 5) is 21.8. The highest BCUT2D eigenvalue weighted by atomic mass is 32.1. The molecule has 1 fully saturated rings. The molecule has 0 radical (unpaired) electrons. The van der Waals surface area contributed by atoms with E-state index in [4.69, 9.17) is 0 Å². The van der Waals surface area contributed by atoms with Crippen LogP contribution >= 0.6 is 11.3 Å². The topological polar surface area (TPSA) is 89.3 Å². The zero-order valence-electron chi connectivity index (χ0n) is 20.2. The lowest BCUT2D eigenvalue weighted by Gasteiger charge is -2.25. The molecule has 0 saturated heterocycles. The molecule has 0 amide bonds. The van der Waals surface area contributed by atoms with Crippen molar-refractivity contribution in [2.75, 3.05) is 5.32 Å². The number of nitrogens with one attached hydrogen (secondary N) is 1. The molecule has 2 aromatic carbocycles. The summed E-state index contributed by atoms with van der Waals surface area (Å²) in [6, 6.07) is 9.47. The van der Waals surface area contributed by atoms with E-state index in [1.54, 1.807) is 6.07 Å². The van der Waals surface area contributed by atoms with Gasteiger partial charge in [0.15, 0.2) is 10.9 Å². The third-order valence-electron chi connectivity index (χ3n) is 6.85. The van der Waals surface area contributed by atoms with Gasteiger partial charge in [0.1, 0.15) is 5.75 Å². The zero-order chi connectivity index (χ0) is 26.2. The summed E-state index contributed by atoms with van der Waals surface area (Å²) in [5.74, 6) is 0.882. The minimum atomic E-state index is -4.76. The van der Waals surface area contributed by atoms with Crippen molar-refractivity contribution in [1.29, 1.82) is 0 Å². The molecule has 196 valence electrons. The minimum absolute atomic E-state index is 0.0842. The molecule has 0 aliphatic heterocycles. The van der Waals surface area contributed by atoms with Gasteiger partial charge in [0, 0.05) is 25.1 Å². The lowest BCUT2D eigenvalue weighted by Crippen LogP contribution is -2.18. The predicted octanol–water partition coefficient (Wildman–Crippen LogP) is 6.73. The number of aromatic nitrogens is 3. The maximum atomic E-state index is 12.8. The van der Waals surface area contributed by atoms with Crippen LogP contribution in [0.5, 0.6) is 5.75 Å². The summed E-state index contributed by atoms with van der Waals surface area (Å²) in [6.45, 7) is 0. The molecule has 1 saturated carbocycles. The number of hydrogen-bond acceptors (Lipinski definition) is 7. The molecule has 1 aliphatic carbocycles. The molecule has 0 unspecified atom stereocenters. The van der Waals surface area contributed by atoms with E-state index >= 15 is 0 Å². The van der Waals surface area contributed by atoms with E-state index in [1.165, 1.54) is 29.5 Å². The number of hydrogen-bond donors (Lipinski definition) is 2. The number of imidazole rings is 1. The van der Waals surface area contributed by atoms with Crippen LogP contribution in [-0.4, -0.2) is 37.9 Å². The second-order valence-electron chi connectivity index (χ2n) is 9.51. The number of rotatable bonds is 8.